The van der Waals surface area contributed by atoms with Crippen molar-refractivity contribution in [3.05, 3.63) is 44.0 Å². The van der Waals surface area contributed by atoms with E-state index >= 15 is 0 Å². The number of hydrogen-bond donors (Lipinski definition) is 6. The van der Waals surface area contributed by atoms with Crippen LogP contribution in [-0.2, 0) is 36.0 Å². The van der Waals surface area contributed by atoms with Crippen molar-refractivity contribution in [2.45, 2.75) is 44.9 Å². The van der Waals surface area contributed by atoms with Gasteiger partial charge in [0.25, 0.3) is 11.8 Å². The van der Waals surface area contributed by atoms with Crippen LogP contribution in [0.15, 0.2) is 32.4 Å². The smallest absolute Gasteiger partial charge is 0.362 e. The minimum absolute atomic E-state index is 0.000176. The highest BCUT2D eigenvalue weighted by Crippen LogP contribution is 2.18. The van der Waals surface area contributed by atoms with E-state index in [1.165, 1.54) is 19.2 Å². The van der Waals surface area contributed by atoms with Crippen molar-refractivity contribution in [3.8, 4) is 17.3 Å². The van der Waals surface area contributed by atoms with Crippen LogP contribution in [0, 0.1) is 0 Å². The SMILES string of the molecule is CC(C)(O/N=C(\C(=O)N[C@H]1CN(C(=O)NS(=O)(=O)n2nc(-c3cc(=O)c(O)c[nH]3)n(CCN3CCCC3)c2=O)C1=O)c1csc(N)n1)C(=O)O. The van der Waals surface area contributed by atoms with Crippen molar-refractivity contribution in [1.29, 1.82) is 0 Å². The summed E-state index contributed by atoms with van der Waals surface area (Å²) in [7, 11) is -5.08. The van der Waals surface area contributed by atoms with Crippen LogP contribution in [0.3, 0.4) is 0 Å². The van der Waals surface area contributed by atoms with Gasteiger partial charge in [-0.15, -0.1) is 16.4 Å². The number of carbonyl (C=O) groups is 4. The molecule has 0 spiro atoms. The highest BCUT2D eigenvalue weighted by atomic mass is 32.2. The molecule has 2 fully saturated rings. The third kappa shape index (κ3) is 7.35. The summed E-state index contributed by atoms with van der Waals surface area (Å²) in [6, 6.07) is -1.90. The van der Waals surface area contributed by atoms with Gasteiger partial charge >= 0.3 is 27.9 Å². The molecule has 5 heterocycles. The molecule has 22 nitrogen and oxygen atoms in total. The van der Waals surface area contributed by atoms with Gasteiger partial charge in [0, 0.05) is 30.7 Å². The Balaban J connectivity index is 1.31. The average Bonchev–Trinajstić information content (AvgIpc) is 3.80. The molecule has 1 atom stereocenters. The second-order valence-electron chi connectivity index (χ2n) is 11.6. The van der Waals surface area contributed by atoms with E-state index < -0.39 is 74.8 Å². The van der Waals surface area contributed by atoms with Gasteiger partial charge in [0.15, 0.2) is 22.4 Å². The molecule has 0 unspecified atom stereocenters. The predicted octanol–water partition coefficient (Wildman–Crippen LogP) is -2.35. The molecule has 0 aliphatic carbocycles. The molecule has 5 rings (SSSR count). The second-order valence-corrected chi connectivity index (χ2v) is 13.9. The van der Waals surface area contributed by atoms with Crippen LogP contribution in [0.25, 0.3) is 11.5 Å². The third-order valence-electron chi connectivity index (χ3n) is 7.59. The summed E-state index contributed by atoms with van der Waals surface area (Å²) in [4.78, 5) is 89.6. The molecule has 0 bridgehead atoms. The number of rotatable bonds is 12. The number of β-lactam (4-membered cyclic amide) rings is 1. The Labute approximate surface area is 285 Å². The lowest BCUT2D eigenvalue weighted by molar-refractivity contribution is -0.161. The molecule has 7 N–H and O–H groups in total. The molecule has 3 aromatic heterocycles. The number of hydrogen-bond acceptors (Lipinski definition) is 16. The number of anilines is 1. The third-order valence-corrected chi connectivity index (χ3v) is 9.39. The number of amides is 4. The minimum atomic E-state index is -5.08. The van der Waals surface area contributed by atoms with Crippen LogP contribution in [-0.4, -0.2) is 119 Å². The molecule has 0 aromatic carbocycles. The van der Waals surface area contributed by atoms with Crippen LogP contribution in [0.4, 0.5) is 9.93 Å². The van der Waals surface area contributed by atoms with Gasteiger partial charge in [-0.1, -0.05) is 9.24 Å². The van der Waals surface area contributed by atoms with Crippen molar-refractivity contribution in [1.82, 2.24) is 43.6 Å². The number of H-pyrrole nitrogens is 1. The van der Waals surface area contributed by atoms with E-state index in [1.54, 1.807) is 4.72 Å². The lowest BCUT2D eigenvalue weighted by Crippen LogP contribution is -2.68. The quantitative estimate of drug-likeness (QED) is 0.0644. The van der Waals surface area contributed by atoms with E-state index in [1.807, 2.05) is 4.90 Å². The number of likely N-dealkylation sites (tertiary alicyclic amines) is 2. The van der Waals surface area contributed by atoms with E-state index in [0.29, 0.717) is 11.4 Å². The van der Waals surface area contributed by atoms with Gasteiger partial charge in [0.2, 0.25) is 11.0 Å². The van der Waals surface area contributed by atoms with Crippen molar-refractivity contribution in [2.24, 2.45) is 5.16 Å². The maximum Gasteiger partial charge on any atom is 0.362 e. The Bertz CT molecular complexity index is 2110. The number of urea groups is 1. The van der Waals surface area contributed by atoms with Gasteiger partial charge in [0.05, 0.1) is 12.2 Å². The Kier molecular flexibility index (Phi) is 9.79. The van der Waals surface area contributed by atoms with Gasteiger partial charge in [0.1, 0.15) is 11.7 Å². The minimum Gasteiger partial charge on any atom is -0.503 e. The van der Waals surface area contributed by atoms with Crippen molar-refractivity contribution < 1.29 is 42.6 Å². The molecule has 2 aliphatic heterocycles. The molecule has 3 aromatic rings. The van der Waals surface area contributed by atoms with E-state index in [0.717, 1.165) is 54.1 Å². The van der Waals surface area contributed by atoms with Gasteiger partial charge in [-0.25, -0.2) is 24.1 Å². The Morgan fingerprint density at radius 2 is 1.90 bits per heavy atom. The molecular formula is C26H31N11O11S2. The summed E-state index contributed by atoms with van der Waals surface area (Å²) >= 11 is 0.938. The van der Waals surface area contributed by atoms with Crippen molar-refractivity contribution in [2.75, 3.05) is 31.9 Å². The molecule has 4 amide bonds. The van der Waals surface area contributed by atoms with Crippen LogP contribution in [0.5, 0.6) is 5.75 Å². The normalized spacial score (nSPS) is 17.0. The number of nitrogens with two attached hydrogens (primary N) is 1. The first-order chi connectivity index (χ1) is 23.5. The summed E-state index contributed by atoms with van der Waals surface area (Å²) in [5.41, 5.74) is 1.04. The summed E-state index contributed by atoms with van der Waals surface area (Å²) in [6.07, 6.45) is 2.83. The predicted molar refractivity (Wildman–Crippen MR) is 172 cm³/mol. The lowest BCUT2D eigenvalue weighted by Gasteiger charge is -2.36. The molecular weight excluding hydrogens is 706 g/mol. The van der Waals surface area contributed by atoms with E-state index in [2.05, 4.69) is 25.5 Å². The number of pyridine rings is 1. The highest BCUT2D eigenvalue weighted by Gasteiger charge is 2.44. The zero-order valence-electron chi connectivity index (χ0n) is 26.4. The lowest BCUT2D eigenvalue weighted by atomic mass is 10.1. The van der Waals surface area contributed by atoms with Gasteiger partial charge in [-0.05, 0) is 39.8 Å². The number of nitrogens with zero attached hydrogens (tertiary/aromatic N) is 7. The molecule has 50 heavy (non-hydrogen) atoms. The van der Waals surface area contributed by atoms with Crippen LogP contribution in [0.2, 0.25) is 0 Å². The fraction of sp³-hybridized carbons (Fsp3) is 0.423. The standard InChI is InChI=1S/C26H31N11O11S2/c1-26(2,22(42)43)48-32-18(15-12-49-23(27)30-15)20(40)29-14-11-36(21(14)41)24(44)33-50(46,47)37-25(45)35(8-7-34-5-3-4-6-34)19(31-37)13-9-16(38)17(39)10-28-13/h9-10,12,14,39H,3-8,11H2,1-2H3,(H2,27,30)(H,28,38)(H,29,40)(H,33,44)(H,42,43)/b32-18-/t14-/m0/s1. The number of oxime groups is 1. The number of carboxylic acid groups (broad SMARTS) is 1. The summed E-state index contributed by atoms with van der Waals surface area (Å²) in [6.45, 7) is 3.66. The van der Waals surface area contributed by atoms with Crippen LogP contribution in [0.1, 0.15) is 32.4 Å². The maximum absolute atomic E-state index is 13.4. The first-order valence-electron chi connectivity index (χ1n) is 14.7. The monoisotopic (exact) mass is 737 g/mol. The molecule has 24 heteroatoms. The van der Waals surface area contributed by atoms with Gasteiger partial charge in [-0.3, -0.25) is 23.9 Å². The fourth-order valence-corrected chi connectivity index (χ4v) is 6.18. The molecule has 2 saturated heterocycles. The zero-order chi connectivity index (χ0) is 36.5. The number of thiazole rings is 1. The largest absolute Gasteiger partial charge is 0.503 e. The number of carbonyl (C=O) groups excluding carboxylic acids is 3. The second kappa shape index (κ2) is 13.7. The number of aromatic nitrogens is 5. The summed E-state index contributed by atoms with van der Waals surface area (Å²) in [5.74, 6) is -4.39. The number of nitrogens with one attached hydrogen (secondary N) is 3. The number of nitrogen functional groups attached to an aromatic ring is 1. The van der Waals surface area contributed by atoms with E-state index in [4.69, 9.17) is 10.6 Å². The summed E-state index contributed by atoms with van der Waals surface area (Å²) in [5, 5.41) is 30.0. The van der Waals surface area contributed by atoms with Crippen molar-refractivity contribution in [3.63, 3.8) is 0 Å². The molecule has 0 radical (unpaired) electrons. The van der Waals surface area contributed by atoms with Crippen molar-refractivity contribution >= 4 is 56.2 Å². The highest BCUT2D eigenvalue weighted by molar-refractivity contribution is 7.88. The Morgan fingerprint density at radius 3 is 2.50 bits per heavy atom. The Hall–Kier alpha value is -5.62. The molecule has 0 saturated carbocycles. The number of aliphatic carboxylic acids is 1. The van der Waals surface area contributed by atoms with Crippen LogP contribution >= 0.6 is 11.3 Å². The first kappa shape index (κ1) is 35.7. The maximum atomic E-state index is 13.4. The molecule has 268 valence electrons. The first-order valence-corrected chi connectivity index (χ1v) is 17.0. The van der Waals surface area contributed by atoms with Gasteiger partial charge < -0.3 is 36.0 Å². The number of carboxylic acids is 1. The average molecular weight is 738 g/mol. The number of aromatic hydroxyl groups is 1. The number of aromatic amines is 1. The topological polar surface area (TPSA) is 307 Å². The van der Waals surface area contributed by atoms with Crippen LogP contribution < -0.4 is 26.9 Å². The van der Waals surface area contributed by atoms with E-state index in [9.17, 15) is 47.4 Å². The fourth-order valence-electron chi connectivity index (χ4n) is 4.73. The van der Waals surface area contributed by atoms with Gasteiger partial charge in [-0.2, -0.15) is 8.42 Å². The zero-order valence-corrected chi connectivity index (χ0v) is 28.0. The Morgan fingerprint density at radius 1 is 1.20 bits per heavy atom. The van der Waals surface area contributed by atoms with E-state index in [-0.39, 0.29) is 33.0 Å². The molecule has 2 aliphatic rings. The summed E-state index contributed by atoms with van der Waals surface area (Å²) < 4.78 is 29.1. The number of imide groups is 1.